The van der Waals surface area contributed by atoms with Crippen molar-refractivity contribution in [1.29, 1.82) is 0 Å². The molecule has 0 bridgehead atoms. The molecule has 2 aliphatic carbocycles. The van der Waals surface area contributed by atoms with Gasteiger partial charge in [0.05, 0.1) is 13.2 Å². The average molecular weight is 374 g/mol. The molecule has 1 amide bonds. The quantitative estimate of drug-likeness (QED) is 0.715. The van der Waals surface area contributed by atoms with E-state index in [-0.39, 0.29) is 23.4 Å². The van der Waals surface area contributed by atoms with E-state index in [9.17, 15) is 9.59 Å². The van der Waals surface area contributed by atoms with E-state index in [1.54, 1.807) is 11.8 Å². The lowest BCUT2D eigenvalue weighted by Gasteiger charge is -2.35. The standard InChI is InChI=1S/C20H30N4O3/c1-27-13-12-23-20(26)24(17-9-10-17)18(21-23)16-8-5-11-22(14-16)19(25)15-6-3-2-4-7-15/h2-3,15-17H,4-14H2,1H3. The van der Waals surface area contributed by atoms with Gasteiger partial charge in [0.15, 0.2) is 0 Å². The fraction of sp³-hybridized carbons (Fsp3) is 0.750. The Bertz CT molecular complexity index is 762. The SMILES string of the molecule is COCCn1nc(C2CCCN(C(=O)C3CC=CCC3)C2)n(C2CC2)c1=O. The predicted molar refractivity (Wildman–Crippen MR) is 102 cm³/mol. The molecule has 0 spiro atoms. The number of ether oxygens (including phenoxy) is 1. The molecule has 1 saturated heterocycles. The molecule has 4 rings (SSSR count). The van der Waals surface area contributed by atoms with Crippen LogP contribution in [0.15, 0.2) is 16.9 Å². The Morgan fingerprint density at radius 1 is 1.26 bits per heavy atom. The Kier molecular flexibility index (Phi) is 5.48. The first-order valence-electron chi connectivity index (χ1n) is 10.3. The number of hydrogen-bond donors (Lipinski definition) is 0. The molecule has 7 heteroatoms. The van der Waals surface area contributed by atoms with E-state index in [1.807, 2.05) is 9.47 Å². The minimum atomic E-state index is -0.0228. The first-order valence-corrected chi connectivity index (χ1v) is 10.3. The number of allylic oxidation sites excluding steroid dienone is 2. The molecule has 0 aromatic carbocycles. The van der Waals surface area contributed by atoms with Gasteiger partial charge in [-0.1, -0.05) is 12.2 Å². The number of rotatable bonds is 6. The maximum Gasteiger partial charge on any atom is 0.346 e. The highest BCUT2D eigenvalue weighted by Gasteiger charge is 2.36. The van der Waals surface area contributed by atoms with Gasteiger partial charge in [0.2, 0.25) is 5.91 Å². The Balaban J connectivity index is 1.53. The molecule has 2 fully saturated rings. The van der Waals surface area contributed by atoms with Crippen molar-refractivity contribution in [3.63, 3.8) is 0 Å². The highest BCUT2D eigenvalue weighted by atomic mass is 16.5. The Labute approximate surface area is 160 Å². The number of aromatic nitrogens is 3. The van der Waals surface area contributed by atoms with Crippen molar-refractivity contribution in [3.05, 3.63) is 28.5 Å². The first-order chi connectivity index (χ1) is 13.2. The van der Waals surface area contributed by atoms with Gasteiger partial charge in [0.1, 0.15) is 5.82 Å². The van der Waals surface area contributed by atoms with Gasteiger partial charge in [-0.2, -0.15) is 5.10 Å². The maximum absolute atomic E-state index is 13.0. The van der Waals surface area contributed by atoms with Gasteiger partial charge in [-0.3, -0.25) is 9.36 Å². The number of methoxy groups -OCH3 is 1. The summed E-state index contributed by atoms with van der Waals surface area (Å²) in [5.74, 6) is 1.43. The van der Waals surface area contributed by atoms with Gasteiger partial charge in [-0.15, -0.1) is 0 Å². The zero-order valence-corrected chi connectivity index (χ0v) is 16.2. The van der Waals surface area contributed by atoms with Crippen LogP contribution in [0.4, 0.5) is 0 Å². The van der Waals surface area contributed by atoms with Crippen molar-refractivity contribution in [1.82, 2.24) is 19.2 Å². The van der Waals surface area contributed by atoms with Crippen LogP contribution in [0.3, 0.4) is 0 Å². The van der Waals surface area contributed by atoms with Gasteiger partial charge in [-0.05, 0) is 44.9 Å². The summed E-state index contributed by atoms with van der Waals surface area (Å²) in [6.07, 6.45) is 11.2. The Morgan fingerprint density at radius 3 is 2.81 bits per heavy atom. The lowest BCUT2D eigenvalue weighted by atomic mass is 9.90. The van der Waals surface area contributed by atoms with E-state index < -0.39 is 0 Å². The molecule has 3 aliphatic rings. The van der Waals surface area contributed by atoms with Gasteiger partial charge in [0.25, 0.3) is 0 Å². The lowest BCUT2D eigenvalue weighted by molar-refractivity contribution is -0.137. The van der Waals surface area contributed by atoms with Gasteiger partial charge in [-0.25, -0.2) is 9.48 Å². The first kappa shape index (κ1) is 18.5. The largest absolute Gasteiger partial charge is 0.383 e. The summed E-state index contributed by atoms with van der Waals surface area (Å²) in [5.41, 5.74) is -0.0228. The van der Waals surface area contributed by atoms with Crippen LogP contribution in [-0.2, 0) is 16.1 Å². The highest BCUT2D eigenvalue weighted by Crippen LogP contribution is 2.37. The van der Waals surface area contributed by atoms with Crippen molar-refractivity contribution in [2.45, 2.75) is 63.5 Å². The summed E-state index contributed by atoms with van der Waals surface area (Å²) in [6.45, 7) is 2.47. The highest BCUT2D eigenvalue weighted by molar-refractivity contribution is 5.79. The molecular weight excluding hydrogens is 344 g/mol. The zero-order chi connectivity index (χ0) is 18.8. The van der Waals surface area contributed by atoms with E-state index in [1.165, 1.54) is 0 Å². The van der Waals surface area contributed by atoms with Crippen molar-refractivity contribution < 1.29 is 9.53 Å². The van der Waals surface area contributed by atoms with Gasteiger partial charge >= 0.3 is 5.69 Å². The lowest BCUT2D eigenvalue weighted by Crippen LogP contribution is -2.43. The second kappa shape index (κ2) is 8.00. The van der Waals surface area contributed by atoms with Crippen LogP contribution in [0.25, 0.3) is 0 Å². The van der Waals surface area contributed by atoms with Crippen molar-refractivity contribution in [2.24, 2.45) is 5.92 Å². The molecule has 2 unspecified atom stereocenters. The van der Waals surface area contributed by atoms with Crippen molar-refractivity contribution >= 4 is 5.91 Å². The number of likely N-dealkylation sites (tertiary alicyclic amines) is 1. The van der Waals surface area contributed by atoms with Crippen LogP contribution >= 0.6 is 0 Å². The fourth-order valence-electron chi connectivity index (χ4n) is 4.38. The van der Waals surface area contributed by atoms with Crippen LogP contribution in [-0.4, -0.2) is 52.0 Å². The van der Waals surface area contributed by atoms with Crippen LogP contribution in [0.2, 0.25) is 0 Å². The molecule has 2 atom stereocenters. The third-order valence-corrected chi connectivity index (χ3v) is 6.03. The molecule has 1 aliphatic heterocycles. The average Bonchev–Trinajstić information content (AvgIpc) is 3.50. The molecule has 0 radical (unpaired) electrons. The molecule has 0 N–H and O–H groups in total. The number of nitrogens with zero attached hydrogens (tertiary/aromatic N) is 4. The monoisotopic (exact) mass is 374 g/mol. The number of carbonyl (C=O) groups is 1. The van der Waals surface area contributed by atoms with Gasteiger partial charge < -0.3 is 9.64 Å². The van der Waals surface area contributed by atoms with Crippen molar-refractivity contribution in [3.8, 4) is 0 Å². The third kappa shape index (κ3) is 3.88. The fourth-order valence-corrected chi connectivity index (χ4v) is 4.38. The van der Waals surface area contributed by atoms with Crippen molar-refractivity contribution in [2.75, 3.05) is 26.8 Å². The summed E-state index contributed by atoms with van der Waals surface area (Å²) < 4.78 is 8.57. The summed E-state index contributed by atoms with van der Waals surface area (Å²) in [4.78, 5) is 27.8. The van der Waals surface area contributed by atoms with E-state index in [0.29, 0.717) is 25.7 Å². The normalized spacial score (nSPS) is 25.7. The smallest absolute Gasteiger partial charge is 0.346 e. The van der Waals surface area contributed by atoms with Crippen LogP contribution < -0.4 is 5.69 Å². The van der Waals surface area contributed by atoms with E-state index in [2.05, 4.69) is 17.3 Å². The van der Waals surface area contributed by atoms with Crippen LogP contribution in [0.1, 0.15) is 62.7 Å². The summed E-state index contributed by atoms with van der Waals surface area (Å²) in [7, 11) is 1.63. The molecule has 148 valence electrons. The second-order valence-electron chi connectivity index (χ2n) is 8.06. The molecular formula is C20H30N4O3. The zero-order valence-electron chi connectivity index (χ0n) is 16.2. The number of carbonyl (C=O) groups excluding carboxylic acids is 1. The topological polar surface area (TPSA) is 69.4 Å². The van der Waals surface area contributed by atoms with Gasteiger partial charge in [0, 0.05) is 38.1 Å². The summed E-state index contributed by atoms with van der Waals surface area (Å²) in [6, 6.07) is 0.290. The second-order valence-corrected chi connectivity index (χ2v) is 8.06. The minimum absolute atomic E-state index is 0.0228. The molecule has 27 heavy (non-hydrogen) atoms. The number of amides is 1. The molecule has 1 aromatic rings. The summed E-state index contributed by atoms with van der Waals surface area (Å²) >= 11 is 0. The van der Waals surface area contributed by atoms with Crippen LogP contribution in [0.5, 0.6) is 0 Å². The minimum Gasteiger partial charge on any atom is -0.383 e. The molecule has 7 nitrogen and oxygen atoms in total. The maximum atomic E-state index is 13.0. The molecule has 2 heterocycles. The predicted octanol–water partition coefficient (Wildman–Crippen LogP) is 2.09. The Morgan fingerprint density at radius 2 is 2.11 bits per heavy atom. The van der Waals surface area contributed by atoms with Crippen LogP contribution in [0, 0.1) is 5.92 Å². The van der Waals surface area contributed by atoms with E-state index >= 15 is 0 Å². The van der Waals surface area contributed by atoms with E-state index in [0.717, 1.165) is 57.3 Å². The number of piperidine rings is 1. The summed E-state index contributed by atoms with van der Waals surface area (Å²) in [5, 5.41) is 4.68. The van der Waals surface area contributed by atoms with E-state index in [4.69, 9.17) is 4.74 Å². The molecule has 1 aromatic heterocycles. The Hall–Kier alpha value is -1.89. The molecule has 1 saturated carbocycles. The third-order valence-electron chi connectivity index (χ3n) is 6.03. The number of hydrogen-bond acceptors (Lipinski definition) is 4.